The first-order valence-electron chi connectivity index (χ1n) is 46.8. The Kier molecular flexibility index (Phi) is 33.6. The van der Waals surface area contributed by atoms with E-state index in [0.717, 1.165) is 133 Å². The van der Waals surface area contributed by atoms with Crippen LogP contribution in [0.15, 0.2) is 176 Å². The number of amides is 2. The molecule has 4 unspecified atom stereocenters. The lowest BCUT2D eigenvalue weighted by Crippen LogP contribution is -2.53. The third-order valence-electron chi connectivity index (χ3n) is 26.0. The Morgan fingerprint density at radius 2 is 0.872 bits per heavy atom. The van der Waals surface area contributed by atoms with Gasteiger partial charge in [0, 0.05) is 160 Å². The van der Waals surface area contributed by atoms with E-state index in [2.05, 4.69) is 56.5 Å². The SMILES string of the molecule is CC(C)(C)OC(=O)N1CC(C2=CCOc3cc(F)ccc32)C1.CC(C)(C)OC(=O)N1CC(C2CCOc3cc(F)ccc32)C1.COCc1nnc(N2CC(C3CCOc4cc(F)ccc43)C2)n1-c1ccc(OC)nc1.COc1ccc(NC(=S)N2CC(C3CCOc4cc(F)ccc43)C2)cn1.Cl.Fc1ccc2c(c1)OCC=C2Br.Fc1ccc2c(c1)OCCC2C1CNC1.O=C1CCOc2cc(F)ccc21. The largest absolute Gasteiger partial charge is 0.493 e. The number of anilines is 2. The molecule has 748 valence electrons. The molecule has 2 amide bonds. The highest BCUT2D eigenvalue weighted by molar-refractivity contribution is 9.15. The fraction of sp³-hybridized carbons (Fsp3) is 0.410. The molecule has 12 aliphatic heterocycles. The van der Waals surface area contributed by atoms with Crippen molar-refractivity contribution >= 4 is 85.3 Å². The van der Waals surface area contributed by atoms with Crippen molar-refractivity contribution in [2.24, 2.45) is 29.6 Å². The number of nitrogens with zero attached hydrogens (tertiary/aromatic N) is 9. The second kappa shape index (κ2) is 46.1. The maximum Gasteiger partial charge on any atom is 0.410 e. The van der Waals surface area contributed by atoms with Gasteiger partial charge in [-0.2, -0.15) is 0 Å². The second-order valence-electron chi connectivity index (χ2n) is 37.7. The Hall–Kier alpha value is -12.4. The van der Waals surface area contributed by atoms with Gasteiger partial charge in [0.25, 0.3) is 0 Å². The van der Waals surface area contributed by atoms with E-state index in [9.17, 15) is 45.1 Å². The van der Waals surface area contributed by atoms with Gasteiger partial charge in [-0.25, -0.2) is 50.3 Å². The zero-order chi connectivity index (χ0) is 98.6. The molecule has 0 radical (unpaired) electrons. The normalized spacial score (nSPS) is 19.0. The molecular formula is C105H114BrClF7N11O15S. The first-order chi connectivity index (χ1) is 67.4. The van der Waals surface area contributed by atoms with Crippen LogP contribution in [0.3, 0.4) is 0 Å². The zero-order valence-electron chi connectivity index (χ0n) is 79.7. The van der Waals surface area contributed by atoms with Crippen LogP contribution in [0.2, 0.25) is 0 Å². The quantitative estimate of drug-likeness (QED) is 0.0851. The molecule has 2 N–H and O–H groups in total. The molecule has 15 heterocycles. The number of carbonyl (C=O) groups excluding carboxylic acids is 3. The van der Waals surface area contributed by atoms with E-state index in [1.807, 2.05) is 101 Å². The predicted octanol–water partition coefficient (Wildman–Crippen LogP) is 20.5. The van der Waals surface area contributed by atoms with Crippen molar-refractivity contribution in [3.63, 3.8) is 0 Å². The Labute approximate surface area is 834 Å². The van der Waals surface area contributed by atoms with Crippen molar-refractivity contribution in [1.29, 1.82) is 0 Å². The molecule has 5 fully saturated rings. The van der Waals surface area contributed by atoms with Crippen LogP contribution in [0.4, 0.5) is 52.0 Å². The monoisotopic (exact) mass is 2050 g/mol. The van der Waals surface area contributed by atoms with Gasteiger partial charge in [0.05, 0.1) is 76.6 Å². The number of aromatic nitrogens is 5. The molecule has 0 spiro atoms. The van der Waals surface area contributed by atoms with E-state index >= 15 is 0 Å². The van der Waals surface area contributed by atoms with Gasteiger partial charge in [0.2, 0.25) is 17.7 Å². The molecule has 4 atom stereocenters. The van der Waals surface area contributed by atoms with E-state index in [1.165, 1.54) is 96.6 Å². The number of nitrogens with one attached hydrogen (secondary N) is 2. The van der Waals surface area contributed by atoms with Crippen LogP contribution in [-0.2, 0) is 20.8 Å². The van der Waals surface area contributed by atoms with Crippen LogP contribution in [-0.4, -0.2) is 207 Å². The van der Waals surface area contributed by atoms with Crippen LogP contribution in [0, 0.1) is 70.3 Å². The maximum absolute atomic E-state index is 13.6. The summed E-state index contributed by atoms with van der Waals surface area (Å²) < 4.78 is 159. The van der Waals surface area contributed by atoms with Gasteiger partial charge in [-0.1, -0.05) is 40.2 Å². The standard InChI is InChI=1S/C22H24FN5O3.C19H20FN3O2S.C17H22FNO3.C17H20FNO3.C12H14FNO.C9H6BrFO.C9H7FO2.ClH/c1-29-13-20-25-26-22(28(20)16-4-6-21(30-2)24-10-16)27-11-14(12-27)17-7-8-31-19-9-15(23)3-5-18(17)19;1-24-18-5-3-14(9-21-18)22-19(26)23-10-12(11-23)15-6-7-25-17-8-13(20)2-4-16(15)17;2*1-17(2,3)22-16(20)19-9-11(10-19)13-6-7-21-15-8-12(18)4-5-14(13)15;13-9-1-2-11-10(8-6-14-7-8)3-4-15-12(11)5-9;10-8-3-4-12-9-5-6(11)1-2-7(8)9;10-6-1-2-7-8(11)3-4-12-9(7)5-6;/h3-6,9-10,14,17H,7-8,11-13H2,1-2H3;2-5,8-9,12,15H,6-7,10-11H2,1H3,(H,22,26);4-5,8,11,13H,6-7,9-10H2,1-3H3;4-6,8,11H,7,9-10H2,1-3H3;1-2,5,8,10,14H,3-4,6-7H2;1-3,5H,4H2;1-2,5H,3-4H2;1H. The number of methoxy groups -OCH3 is 3. The predicted molar refractivity (Wildman–Crippen MR) is 527 cm³/mol. The Bertz CT molecular complexity index is 6140. The van der Waals surface area contributed by atoms with Crippen LogP contribution < -0.4 is 58.2 Å². The molecule has 0 saturated carbocycles. The molecule has 10 aromatic rings. The summed E-state index contributed by atoms with van der Waals surface area (Å²) in [5, 5.41) is 16.0. The molecule has 7 aromatic carbocycles. The number of thiocarbonyl (C=S) groups is 1. The average molecular weight is 2050 g/mol. The summed E-state index contributed by atoms with van der Waals surface area (Å²) in [4.78, 5) is 51.4. The molecule has 141 heavy (non-hydrogen) atoms. The van der Waals surface area contributed by atoms with Crippen LogP contribution >= 0.6 is 40.6 Å². The number of halogens is 9. The highest BCUT2D eigenvalue weighted by Gasteiger charge is 2.45. The Balaban J connectivity index is 0.000000127. The minimum atomic E-state index is -0.482. The number of hydrogen-bond acceptors (Lipinski definition) is 22. The third kappa shape index (κ3) is 25.5. The van der Waals surface area contributed by atoms with Gasteiger partial charge in [-0.15, -0.1) is 22.6 Å². The zero-order valence-corrected chi connectivity index (χ0v) is 82.9. The lowest BCUT2D eigenvalue weighted by molar-refractivity contribution is -0.00725. The van der Waals surface area contributed by atoms with Crippen molar-refractivity contribution in [3.8, 4) is 57.7 Å². The summed E-state index contributed by atoms with van der Waals surface area (Å²) in [6.07, 6.45) is 11.1. The lowest BCUT2D eigenvalue weighted by atomic mass is 9.78. The van der Waals surface area contributed by atoms with Crippen LogP contribution in [0.25, 0.3) is 15.7 Å². The number of rotatable bonds is 12. The smallest absolute Gasteiger partial charge is 0.410 e. The summed E-state index contributed by atoms with van der Waals surface area (Å²) in [5.74, 6) is 8.87. The third-order valence-corrected chi connectivity index (χ3v) is 27.1. The van der Waals surface area contributed by atoms with Crippen LogP contribution in [0.5, 0.6) is 52.0 Å². The number of Topliss-reactive ketones (excluding diaryl/α,β-unsaturated/α-hetero) is 1. The number of ketones is 1. The summed E-state index contributed by atoms with van der Waals surface area (Å²) in [6.45, 7) is 23.6. The molecule has 0 bridgehead atoms. The molecule has 26 nitrogen and oxygen atoms in total. The first kappa shape index (κ1) is 103. The number of benzene rings is 7. The molecule has 36 heteroatoms. The molecular weight excluding hydrogens is 1940 g/mol. The van der Waals surface area contributed by atoms with E-state index in [1.54, 1.807) is 61.7 Å². The Morgan fingerprint density at radius 3 is 1.31 bits per heavy atom. The highest BCUT2D eigenvalue weighted by Crippen LogP contribution is 2.48. The van der Waals surface area contributed by atoms with E-state index in [-0.39, 0.29) is 77.0 Å². The topological polar surface area (TPSA) is 255 Å². The summed E-state index contributed by atoms with van der Waals surface area (Å²) in [6, 6.07) is 39.9. The Morgan fingerprint density at radius 1 is 0.468 bits per heavy atom. The average Bonchev–Trinajstić information content (AvgIpc) is 1.58. The van der Waals surface area contributed by atoms with Gasteiger partial charge in [-0.05, 0) is 235 Å². The molecule has 12 aliphatic rings. The van der Waals surface area contributed by atoms with E-state index in [0.29, 0.717) is 189 Å². The van der Waals surface area contributed by atoms with Gasteiger partial charge in [0.1, 0.15) is 112 Å². The number of hydrogen-bond donors (Lipinski definition) is 2. The molecule has 22 rings (SSSR count). The summed E-state index contributed by atoms with van der Waals surface area (Å²) in [5.41, 5.74) is 8.63. The van der Waals surface area contributed by atoms with Crippen molar-refractivity contribution in [2.45, 2.75) is 115 Å². The fourth-order valence-electron chi connectivity index (χ4n) is 18.7. The summed E-state index contributed by atoms with van der Waals surface area (Å²) in [7, 11) is 4.81. The van der Waals surface area contributed by atoms with Gasteiger partial charge < -0.3 is 87.1 Å². The molecule has 5 saturated heterocycles. The summed E-state index contributed by atoms with van der Waals surface area (Å²) >= 11 is 8.87. The number of carbonyl (C=O) groups is 3. The maximum atomic E-state index is 13.6. The first-order valence-corrected chi connectivity index (χ1v) is 48.0. The molecule has 3 aromatic heterocycles. The van der Waals surface area contributed by atoms with Gasteiger partial charge in [-0.3, -0.25) is 9.36 Å². The highest BCUT2D eigenvalue weighted by atomic mass is 79.9. The number of fused-ring (bicyclic) bond motifs is 7. The minimum Gasteiger partial charge on any atom is -0.493 e. The van der Waals surface area contributed by atoms with Crippen molar-refractivity contribution < 1.29 is 102 Å². The van der Waals surface area contributed by atoms with Crippen molar-refractivity contribution in [1.82, 2.24) is 44.7 Å². The second-order valence-corrected chi connectivity index (χ2v) is 39.0. The van der Waals surface area contributed by atoms with E-state index < -0.39 is 11.2 Å². The van der Waals surface area contributed by atoms with Crippen molar-refractivity contribution in [3.05, 3.63) is 262 Å². The minimum absolute atomic E-state index is 0. The number of ether oxygens (including phenoxy) is 12. The van der Waals surface area contributed by atoms with Gasteiger partial charge >= 0.3 is 12.2 Å². The fourth-order valence-corrected chi connectivity index (χ4v) is 19.4. The number of likely N-dealkylation sites (tertiary alicyclic amines) is 3. The van der Waals surface area contributed by atoms with Crippen molar-refractivity contribution in [2.75, 3.05) is 143 Å². The number of pyridine rings is 2. The van der Waals surface area contributed by atoms with Gasteiger partial charge in [0.15, 0.2) is 16.7 Å². The lowest BCUT2D eigenvalue weighted by Gasteiger charge is -2.46. The van der Waals surface area contributed by atoms with E-state index in [4.69, 9.17) is 69.1 Å². The van der Waals surface area contributed by atoms with Crippen LogP contribution in [0.1, 0.15) is 147 Å². The molecule has 0 aliphatic carbocycles.